The Kier molecular flexibility index (Phi) is 7.86. The maximum Gasteiger partial charge on any atom is 0.243 e. The van der Waals surface area contributed by atoms with E-state index in [9.17, 15) is 13.2 Å². The maximum absolute atomic E-state index is 13.3. The van der Waals surface area contributed by atoms with Gasteiger partial charge in [-0.25, -0.2) is 8.42 Å². The number of hydrogen-bond donors (Lipinski definition) is 1. The van der Waals surface area contributed by atoms with Crippen molar-refractivity contribution in [2.24, 2.45) is 0 Å². The topological polar surface area (TPSA) is 66.5 Å². The molecule has 3 aromatic rings. The van der Waals surface area contributed by atoms with Crippen LogP contribution in [0.3, 0.4) is 0 Å². The summed E-state index contributed by atoms with van der Waals surface area (Å²) in [6, 6.07) is 17.1. The molecule has 0 aliphatic heterocycles. The molecule has 162 valence electrons. The molecule has 0 aliphatic rings. The molecule has 1 N–H and O–H groups in total. The van der Waals surface area contributed by atoms with Crippen molar-refractivity contribution in [3.8, 4) is 0 Å². The van der Waals surface area contributed by atoms with Crippen molar-refractivity contribution in [1.82, 2.24) is 4.31 Å². The number of anilines is 1. The molecule has 10 heteroatoms. The zero-order chi connectivity index (χ0) is 22.6. The number of nitrogens with one attached hydrogen (secondary N) is 1. The van der Waals surface area contributed by atoms with Gasteiger partial charge in [0.1, 0.15) is 0 Å². The number of benzene rings is 3. The number of amides is 1. The molecular formula is C21H16Cl4N2O3S. The lowest BCUT2D eigenvalue weighted by molar-refractivity contribution is -0.116. The molecule has 0 spiro atoms. The molecule has 1 amide bonds. The maximum atomic E-state index is 13.3. The Hall–Kier alpha value is -1.80. The zero-order valence-corrected chi connectivity index (χ0v) is 19.7. The molecule has 0 atom stereocenters. The molecule has 0 fully saturated rings. The fourth-order valence-electron chi connectivity index (χ4n) is 2.74. The van der Waals surface area contributed by atoms with Crippen LogP contribution in [0.25, 0.3) is 0 Å². The molecule has 0 unspecified atom stereocenters. The van der Waals surface area contributed by atoms with E-state index in [0.29, 0.717) is 26.3 Å². The second-order valence-electron chi connectivity index (χ2n) is 6.49. The van der Waals surface area contributed by atoms with Gasteiger partial charge in [-0.2, -0.15) is 4.31 Å². The van der Waals surface area contributed by atoms with Crippen LogP contribution < -0.4 is 5.32 Å². The van der Waals surface area contributed by atoms with Gasteiger partial charge < -0.3 is 5.32 Å². The minimum Gasteiger partial charge on any atom is -0.324 e. The van der Waals surface area contributed by atoms with Gasteiger partial charge in [-0.15, -0.1) is 0 Å². The van der Waals surface area contributed by atoms with Crippen LogP contribution in [0.4, 0.5) is 5.69 Å². The van der Waals surface area contributed by atoms with Crippen LogP contribution in [0.1, 0.15) is 5.56 Å². The monoisotopic (exact) mass is 516 g/mol. The Labute approximate surface area is 200 Å². The normalized spacial score (nSPS) is 11.5. The molecule has 0 aromatic heterocycles. The zero-order valence-electron chi connectivity index (χ0n) is 15.9. The van der Waals surface area contributed by atoms with Gasteiger partial charge in [0.25, 0.3) is 0 Å². The highest BCUT2D eigenvalue weighted by Crippen LogP contribution is 2.26. The average molecular weight is 518 g/mol. The number of carbonyl (C=O) groups excluding carboxylic acids is 1. The number of halogens is 4. The third kappa shape index (κ3) is 6.13. The first-order valence-electron chi connectivity index (χ1n) is 8.91. The summed E-state index contributed by atoms with van der Waals surface area (Å²) in [5.74, 6) is -0.575. The lowest BCUT2D eigenvalue weighted by Gasteiger charge is -2.22. The van der Waals surface area contributed by atoms with Gasteiger partial charge in [-0.05, 0) is 54.1 Å². The Morgan fingerprint density at radius 2 is 1.48 bits per heavy atom. The van der Waals surface area contributed by atoms with Gasteiger partial charge in [-0.1, -0.05) is 64.6 Å². The molecule has 0 saturated heterocycles. The lowest BCUT2D eigenvalue weighted by Crippen LogP contribution is -2.37. The molecular weight excluding hydrogens is 502 g/mol. The van der Waals surface area contributed by atoms with Crippen LogP contribution in [0.5, 0.6) is 0 Å². The van der Waals surface area contributed by atoms with E-state index in [0.717, 1.165) is 4.31 Å². The summed E-state index contributed by atoms with van der Waals surface area (Å²) in [5, 5.41) is 4.04. The lowest BCUT2D eigenvalue weighted by atomic mass is 10.2. The number of carbonyl (C=O) groups is 1. The van der Waals surface area contributed by atoms with E-state index in [1.807, 2.05) is 0 Å². The van der Waals surface area contributed by atoms with E-state index in [-0.39, 0.29) is 16.5 Å². The summed E-state index contributed by atoms with van der Waals surface area (Å²) in [4.78, 5) is 12.7. The summed E-state index contributed by atoms with van der Waals surface area (Å²) in [6.45, 7) is -0.568. The van der Waals surface area contributed by atoms with Crippen molar-refractivity contribution in [2.45, 2.75) is 11.4 Å². The summed E-state index contributed by atoms with van der Waals surface area (Å²) in [7, 11) is -4.04. The predicted octanol–water partition coefficient (Wildman–Crippen LogP) is 6.13. The molecule has 3 rings (SSSR count). The Morgan fingerprint density at radius 1 is 0.839 bits per heavy atom. The Balaban J connectivity index is 1.90. The molecule has 0 bridgehead atoms. The van der Waals surface area contributed by atoms with Crippen molar-refractivity contribution in [2.75, 3.05) is 11.9 Å². The third-order valence-corrected chi connectivity index (χ3v) is 7.26. The molecule has 0 radical (unpaired) electrons. The summed E-state index contributed by atoms with van der Waals surface area (Å²) < 4.78 is 27.6. The minimum atomic E-state index is -4.04. The number of nitrogens with zero attached hydrogens (tertiary/aromatic N) is 1. The van der Waals surface area contributed by atoms with Crippen LogP contribution in [-0.4, -0.2) is 25.2 Å². The second kappa shape index (κ2) is 10.2. The number of hydrogen-bond acceptors (Lipinski definition) is 3. The van der Waals surface area contributed by atoms with Crippen molar-refractivity contribution in [3.63, 3.8) is 0 Å². The second-order valence-corrected chi connectivity index (χ2v) is 10.1. The average Bonchev–Trinajstić information content (AvgIpc) is 2.71. The predicted molar refractivity (Wildman–Crippen MR) is 126 cm³/mol. The van der Waals surface area contributed by atoms with E-state index in [2.05, 4.69) is 5.32 Å². The molecule has 31 heavy (non-hydrogen) atoms. The first-order valence-corrected chi connectivity index (χ1v) is 11.9. The molecule has 0 aliphatic carbocycles. The fraction of sp³-hybridized carbons (Fsp3) is 0.0952. The van der Waals surface area contributed by atoms with Gasteiger partial charge in [0.15, 0.2) is 0 Å². The van der Waals surface area contributed by atoms with Crippen molar-refractivity contribution >= 4 is 68.0 Å². The van der Waals surface area contributed by atoms with Gasteiger partial charge in [0, 0.05) is 21.6 Å². The highest BCUT2D eigenvalue weighted by Gasteiger charge is 2.27. The van der Waals surface area contributed by atoms with Crippen molar-refractivity contribution < 1.29 is 13.2 Å². The fourth-order valence-corrected chi connectivity index (χ4v) is 4.89. The third-order valence-electron chi connectivity index (χ3n) is 4.28. The van der Waals surface area contributed by atoms with E-state index < -0.39 is 22.5 Å². The molecule has 0 heterocycles. The van der Waals surface area contributed by atoms with E-state index in [1.54, 1.807) is 30.3 Å². The Morgan fingerprint density at radius 3 is 2.13 bits per heavy atom. The van der Waals surface area contributed by atoms with Gasteiger partial charge in [0.05, 0.1) is 22.2 Å². The first kappa shape index (κ1) is 23.9. The molecule has 0 saturated carbocycles. The highest BCUT2D eigenvalue weighted by molar-refractivity contribution is 7.89. The SMILES string of the molecule is O=C(CN(Cc1ccccc1Cl)S(=O)(=O)c1ccc(Cl)cc1)Nc1ccc(Cl)cc1Cl. The molecule has 5 nitrogen and oxygen atoms in total. The number of rotatable bonds is 7. The van der Waals surface area contributed by atoms with E-state index in [4.69, 9.17) is 46.4 Å². The standard InChI is InChI=1S/C21H16Cl4N2O3S/c22-15-5-8-17(9-6-15)31(29,30)27(12-14-3-1-2-4-18(14)24)13-21(28)26-20-10-7-16(23)11-19(20)25/h1-11H,12-13H2,(H,26,28). The quantitative estimate of drug-likeness (QED) is 0.410. The summed E-state index contributed by atoms with van der Waals surface area (Å²) in [5.41, 5.74) is 0.872. The molecule has 3 aromatic carbocycles. The Bertz CT molecular complexity index is 1200. The van der Waals surface area contributed by atoms with E-state index in [1.165, 1.54) is 36.4 Å². The van der Waals surface area contributed by atoms with Crippen LogP contribution in [0, 0.1) is 0 Å². The van der Waals surface area contributed by atoms with Crippen molar-refractivity contribution in [3.05, 3.63) is 92.4 Å². The highest BCUT2D eigenvalue weighted by atomic mass is 35.5. The van der Waals surface area contributed by atoms with Crippen LogP contribution in [-0.2, 0) is 21.4 Å². The van der Waals surface area contributed by atoms with Gasteiger partial charge in [-0.3, -0.25) is 4.79 Å². The first-order chi connectivity index (χ1) is 14.7. The minimum absolute atomic E-state index is 0.00118. The van der Waals surface area contributed by atoms with Crippen LogP contribution in [0.15, 0.2) is 71.6 Å². The summed E-state index contributed by atoms with van der Waals surface area (Å²) >= 11 is 24.1. The number of sulfonamides is 1. The van der Waals surface area contributed by atoms with Gasteiger partial charge in [0.2, 0.25) is 15.9 Å². The smallest absolute Gasteiger partial charge is 0.243 e. The van der Waals surface area contributed by atoms with Crippen molar-refractivity contribution in [1.29, 1.82) is 0 Å². The summed E-state index contributed by atoms with van der Waals surface area (Å²) in [6.07, 6.45) is 0. The van der Waals surface area contributed by atoms with E-state index >= 15 is 0 Å². The van der Waals surface area contributed by atoms with Crippen LogP contribution in [0.2, 0.25) is 20.1 Å². The van der Waals surface area contributed by atoms with Gasteiger partial charge >= 0.3 is 0 Å². The van der Waals surface area contributed by atoms with Crippen LogP contribution >= 0.6 is 46.4 Å². The largest absolute Gasteiger partial charge is 0.324 e.